The Kier molecular flexibility index (Phi) is 7.92. The number of cyclic esters (lactones) is 1. The second kappa shape index (κ2) is 11.9. The Labute approximate surface area is 249 Å². The average Bonchev–Trinajstić information content (AvgIpc) is 3.58. The minimum absolute atomic E-state index is 0.00920. The number of piperazine rings is 1. The SMILES string of the molecule is CN1CCN(CC(=O)N(C)c2ccc(N=C(c3ccc(N4CCOC4=O)cc3)C3C(=O)Nc4cc(F)ccc43)cc2)CC1. The number of likely N-dealkylation sites (N-methyl/N-ethyl adjacent to an activating group) is 2. The van der Waals surface area contributed by atoms with Gasteiger partial charge < -0.3 is 19.9 Å². The predicted octanol–water partition coefficient (Wildman–Crippen LogP) is 3.85. The van der Waals surface area contributed by atoms with Crippen LogP contribution in [0.5, 0.6) is 0 Å². The highest BCUT2D eigenvalue weighted by atomic mass is 19.1. The molecule has 1 atom stereocenters. The lowest BCUT2D eigenvalue weighted by molar-refractivity contribution is -0.120. The van der Waals surface area contributed by atoms with Gasteiger partial charge in [0.05, 0.1) is 24.5 Å². The van der Waals surface area contributed by atoms with Crippen molar-refractivity contribution in [3.05, 3.63) is 83.7 Å². The molecule has 10 nitrogen and oxygen atoms in total. The molecule has 3 aliphatic rings. The monoisotopic (exact) mass is 584 g/mol. The molecule has 3 amide bonds. The zero-order valence-electron chi connectivity index (χ0n) is 24.1. The molecule has 2 saturated heterocycles. The van der Waals surface area contributed by atoms with Gasteiger partial charge in [0, 0.05) is 50.3 Å². The normalized spacial score (nSPS) is 19.3. The smallest absolute Gasteiger partial charge is 0.414 e. The van der Waals surface area contributed by atoms with Crippen molar-refractivity contribution in [2.45, 2.75) is 5.92 Å². The summed E-state index contributed by atoms with van der Waals surface area (Å²) in [5, 5.41) is 2.78. The van der Waals surface area contributed by atoms with Crippen molar-refractivity contribution in [3.63, 3.8) is 0 Å². The number of carbonyl (C=O) groups is 3. The highest BCUT2D eigenvalue weighted by Crippen LogP contribution is 2.37. The summed E-state index contributed by atoms with van der Waals surface area (Å²) >= 11 is 0. The molecule has 0 saturated carbocycles. The molecule has 3 heterocycles. The fraction of sp³-hybridized carbons (Fsp3) is 0.312. The molecule has 1 N–H and O–H groups in total. The Morgan fingerprint density at radius 2 is 1.72 bits per heavy atom. The topological polar surface area (TPSA) is 97.8 Å². The number of hydrogen-bond donors (Lipinski definition) is 1. The van der Waals surface area contributed by atoms with Crippen molar-refractivity contribution in [3.8, 4) is 0 Å². The van der Waals surface area contributed by atoms with E-state index in [1.807, 2.05) is 36.4 Å². The van der Waals surface area contributed by atoms with Crippen molar-refractivity contribution >= 4 is 46.4 Å². The summed E-state index contributed by atoms with van der Waals surface area (Å²) in [7, 11) is 3.85. The van der Waals surface area contributed by atoms with E-state index >= 15 is 0 Å². The van der Waals surface area contributed by atoms with E-state index in [1.165, 1.54) is 12.1 Å². The molecular weight excluding hydrogens is 551 g/mol. The second-order valence-corrected chi connectivity index (χ2v) is 11.0. The summed E-state index contributed by atoms with van der Waals surface area (Å²) in [5.74, 6) is -1.51. The number of nitrogens with one attached hydrogen (secondary N) is 1. The average molecular weight is 585 g/mol. The maximum absolute atomic E-state index is 14.0. The summed E-state index contributed by atoms with van der Waals surface area (Å²) in [4.78, 5) is 50.8. The van der Waals surface area contributed by atoms with E-state index in [0.717, 1.165) is 31.9 Å². The third-order valence-electron chi connectivity index (χ3n) is 8.17. The zero-order valence-corrected chi connectivity index (χ0v) is 24.1. The van der Waals surface area contributed by atoms with Crippen LogP contribution in [0.15, 0.2) is 71.7 Å². The first-order valence-electron chi connectivity index (χ1n) is 14.3. The maximum Gasteiger partial charge on any atom is 0.414 e. The summed E-state index contributed by atoms with van der Waals surface area (Å²) < 4.78 is 19.0. The van der Waals surface area contributed by atoms with Crippen molar-refractivity contribution in [1.29, 1.82) is 0 Å². The van der Waals surface area contributed by atoms with Gasteiger partial charge in [-0.05, 0) is 66.7 Å². The maximum atomic E-state index is 14.0. The highest BCUT2D eigenvalue weighted by Gasteiger charge is 2.36. The van der Waals surface area contributed by atoms with Crippen LogP contribution in [0.25, 0.3) is 0 Å². The van der Waals surface area contributed by atoms with Gasteiger partial charge in [-0.2, -0.15) is 0 Å². The van der Waals surface area contributed by atoms with Crippen LogP contribution in [-0.2, 0) is 14.3 Å². The van der Waals surface area contributed by atoms with Gasteiger partial charge in [0.1, 0.15) is 18.3 Å². The number of fused-ring (bicyclic) bond motifs is 1. The van der Waals surface area contributed by atoms with Crippen LogP contribution >= 0.6 is 0 Å². The van der Waals surface area contributed by atoms with Gasteiger partial charge >= 0.3 is 6.09 Å². The molecule has 6 rings (SSSR count). The number of ether oxygens (including phenoxy) is 1. The van der Waals surface area contributed by atoms with Gasteiger partial charge in [-0.3, -0.25) is 24.4 Å². The molecule has 3 aromatic carbocycles. The molecule has 222 valence electrons. The molecule has 0 radical (unpaired) electrons. The van der Waals surface area contributed by atoms with Crippen molar-refractivity contribution in [2.24, 2.45) is 4.99 Å². The van der Waals surface area contributed by atoms with Crippen LogP contribution in [0.3, 0.4) is 0 Å². The van der Waals surface area contributed by atoms with E-state index in [4.69, 9.17) is 9.73 Å². The minimum atomic E-state index is -0.772. The largest absolute Gasteiger partial charge is 0.447 e. The lowest BCUT2D eigenvalue weighted by Crippen LogP contribution is -2.48. The number of benzene rings is 3. The fourth-order valence-electron chi connectivity index (χ4n) is 5.58. The lowest BCUT2D eigenvalue weighted by Gasteiger charge is -2.32. The number of anilines is 3. The molecular formula is C32H33FN6O4. The van der Waals surface area contributed by atoms with E-state index in [-0.39, 0.29) is 11.8 Å². The van der Waals surface area contributed by atoms with Gasteiger partial charge in [-0.25, -0.2) is 9.18 Å². The standard InChI is InChI=1S/C32H33FN6O4/c1-36-13-15-38(16-14-36)20-28(40)37(2)24-10-6-23(7-11-24)34-30(29-26-12-5-22(33)19-27(26)35-31(29)41)21-3-8-25(9-4-21)39-17-18-43-32(39)42/h3-12,19,29H,13-18,20H2,1-2H3,(H,35,41). The molecule has 0 aromatic heterocycles. The van der Waals surface area contributed by atoms with Gasteiger partial charge in [0.2, 0.25) is 11.8 Å². The number of amides is 3. The second-order valence-electron chi connectivity index (χ2n) is 11.0. The molecule has 2 fully saturated rings. The predicted molar refractivity (Wildman–Crippen MR) is 163 cm³/mol. The highest BCUT2D eigenvalue weighted by molar-refractivity contribution is 6.24. The Bertz CT molecular complexity index is 1570. The van der Waals surface area contributed by atoms with Gasteiger partial charge in [0.25, 0.3) is 0 Å². The number of aliphatic imine (C=N–C) groups is 1. The van der Waals surface area contributed by atoms with Crippen LogP contribution < -0.4 is 15.1 Å². The summed E-state index contributed by atoms with van der Waals surface area (Å²) in [6.45, 7) is 4.75. The van der Waals surface area contributed by atoms with E-state index in [9.17, 15) is 18.8 Å². The van der Waals surface area contributed by atoms with Crippen LogP contribution in [0, 0.1) is 5.82 Å². The zero-order chi connectivity index (χ0) is 30.1. The summed E-state index contributed by atoms with van der Waals surface area (Å²) in [5.41, 5.74) is 4.20. The Morgan fingerprint density at radius 1 is 1.00 bits per heavy atom. The Morgan fingerprint density at radius 3 is 2.40 bits per heavy atom. The Balaban J connectivity index is 1.28. The first-order chi connectivity index (χ1) is 20.8. The fourth-order valence-corrected chi connectivity index (χ4v) is 5.58. The lowest BCUT2D eigenvalue weighted by atomic mass is 9.90. The Hall–Kier alpha value is -4.61. The number of halogens is 1. The first kappa shape index (κ1) is 28.5. The van der Waals surface area contributed by atoms with Crippen molar-refractivity contribution < 1.29 is 23.5 Å². The van der Waals surface area contributed by atoms with Gasteiger partial charge in [0.15, 0.2) is 0 Å². The number of nitrogens with zero attached hydrogens (tertiary/aromatic N) is 5. The third kappa shape index (κ3) is 5.99. The van der Waals surface area contributed by atoms with Crippen LogP contribution in [0.4, 0.5) is 31.9 Å². The molecule has 3 aromatic rings. The van der Waals surface area contributed by atoms with Crippen molar-refractivity contribution in [1.82, 2.24) is 9.80 Å². The van der Waals surface area contributed by atoms with E-state index in [0.29, 0.717) is 53.6 Å². The first-order valence-corrected chi connectivity index (χ1v) is 14.3. The van der Waals surface area contributed by atoms with Crippen LogP contribution in [0.1, 0.15) is 17.0 Å². The number of carbonyl (C=O) groups excluding carboxylic acids is 3. The molecule has 0 bridgehead atoms. The molecule has 1 unspecified atom stereocenters. The molecule has 11 heteroatoms. The number of rotatable bonds is 7. The minimum Gasteiger partial charge on any atom is -0.447 e. The van der Waals surface area contributed by atoms with E-state index < -0.39 is 17.8 Å². The van der Waals surface area contributed by atoms with Gasteiger partial charge in [-0.15, -0.1) is 0 Å². The van der Waals surface area contributed by atoms with Crippen LogP contribution in [0.2, 0.25) is 0 Å². The molecule has 0 spiro atoms. The van der Waals surface area contributed by atoms with Crippen molar-refractivity contribution in [2.75, 3.05) is 75.1 Å². The van der Waals surface area contributed by atoms with E-state index in [1.54, 1.807) is 35.0 Å². The summed E-state index contributed by atoms with van der Waals surface area (Å²) in [6.07, 6.45) is -0.403. The molecule has 0 aliphatic carbocycles. The molecule has 43 heavy (non-hydrogen) atoms. The van der Waals surface area contributed by atoms with Gasteiger partial charge in [-0.1, -0.05) is 18.2 Å². The van der Waals surface area contributed by atoms with E-state index in [2.05, 4.69) is 22.2 Å². The quantitative estimate of drug-likeness (QED) is 0.424. The summed E-state index contributed by atoms with van der Waals surface area (Å²) in [6, 6.07) is 18.7. The number of hydrogen-bond acceptors (Lipinski definition) is 7. The van der Waals surface area contributed by atoms with Crippen LogP contribution in [-0.4, -0.2) is 93.4 Å². The molecule has 3 aliphatic heterocycles. The third-order valence-corrected chi connectivity index (χ3v) is 8.17.